The first kappa shape index (κ1) is 28.3. The molecule has 1 N–H and O–H groups in total. The van der Waals surface area contributed by atoms with E-state index in [0.717, 1.165) is 10.6 Å². The third-order valence-corrected chi connectivity index (χ3v) is 8.92. The van der Waals surface area contributed by atoms with Gasteiger partial charge in [0.15, 0.2) is 11.2 Å². The van der Waals surface area contributed by atoms with Gasteiger partial charge in [-0.2, -0.15) is 4.98 Å². The van der Waals surface area contributed by atoms with Crippen LogP contribution in [0, 0.1) is 5.82 Å². The predicted molar refractivity (Wildman–Crippen MR) is 158 cm³/mol. The van der Waals surface area contributed by atoms with Gasteiger partial charge < -0.3 is 19.1 Å². The maximum atomic E-state index is 13.7. The number of nitrogens with zero attached hydrogens (tertiary/aromatic N) is 4. The van der Waals surface area contributed by atoms with Gasteiger partial charge in [0.05, 0.1) is 17.5 Å². The summed E-state index contributed by atoms with van der Waals surface area (Å²) in [6.07, 6.45) is 3.97. The quantitative estimate of drug-likeness (QED) is 0.298. The lowest BCUT2D eigenvalue weighted by molar-refractivity contribution is 0.0669. The number of oxazole rings is 1. The summed E-state index contributed by atoms with van der Waals surface area (Å²) in [7, 11) is -0.757. The Bertz CT molecular complexity index is 1950. The van der Waals surface area contributed by atoms with Crippen molar-refractivity contribution in [1.29, 1.82) is 0 Å². The zero-order valence-corrected chi connectivity index (χ0v) is 24.4. The van der Waals surface area contributed by atoms with E-state index in [2.05, 4.69) is 15.3 Å². The number of carbonyl (C=O) groups is 2. The number of likely N-dealkylation sites (tertiary alicyclic amines) is 1. The smallest absolute Gasteiger partial charge is 0.309 e. The fraction of sp³-hybridized carbons (Fsp3) is 0.267. The van der Waals surface area contributed by atoms with E-state index in [9.17, 15) is 22.4 Å². The number of furan rings is 1. The third kappa shape index (κ3) is 5.20. The standard InChI is InChI=1S/C30H28FN5O6S/c1-32-28(37)25-21-14-20(18-6-5-13-36(16-18)30(38)29-34-27-23(42-29)7-4-12-33-27)22(35(2)43(3,39)40)15-24(21)41-26(25)17-8-10-19(31)11-9-17/h4,7-12,14-15,18H,5-6,13,16H2,1-3H3,(H,32,37)/t18-/m0/s1. The largest absolute Gasteiger partial charge is 0.455 e. The molecule has 3 aromatic heterocycles. The van der Waals surface area contributed by atoms with Gasteiger partial charge in [-0.1, -0.05) is 0 Å². The molecule has 0 bridgehead atoms. The van der Waals surface area contributed by atoms with Crippen molar-refractivity contribution in [2.75, 3.05) is 37.7 Å². The number of pyridine rings is 1. The molecule has 222 valence electrons. The van der Waals surface area contributed by atoms with Crippen LogP contribution >= 0.6 is 0 Å². The second-order valence-electron chi connectivity index (χ2n) is 10.5. The summed E-state index contributed by atoms with van der Waals surface area (Å²) >= 11 is 0. The average molecular weight is 606 g/mol. The van der Waals surface area contributed by atoms with Crippen LogP contribution in [0.25, 0.3) is 33.5 Å². The molecule has 2 amide bonds. The molecule has 5 aromatic rings. The second-order valence-corrected chi connectivity index (χ2v) is 12.5. The van der Waals surface area contributed by atoms with Crippen molar-refractivity contribution in [3.05, 3.63) is 77.6 Å². The zero-order valence-electron chi connectivity index (χ0n) is 23.6. The highest BCUT2D eigenvalue weighted by molar-refractivity contribution is 7.92. The van der Waals surface area contributed by atoms with Gasteiger partial charge >= 0.3 is 5.91 Å². The summed E-state index contributed by atoms with van der Waals surface area (Å²) in [4.78, 5) is 36.6. The maximum absolute atomic E-state index is 13.7. The number of hydrogen-bond donors (Lipinski definition) is 1. The fourth-order valence-electron chi connectivity index (χ4n) is 5.49. The Morgan fingerprint density at radius 3 is 2.58 bits per heavy atom. The van der Waals surface area contributed by atoms with Gasteiger partial charge in [0.25, 0.3) is 11.8 Å². The molecule has 0 aliphatic carbocycles. The number of hydrogen-bond acceptors (Lipinski definition) is 8. The molecule has 6 rings (SSSR count). The normalized spacial score (nSPS) is 15.6. The molecule has 0 saturated carbocycles. The monoisotopic (exact) mass is 605 g/mol. The highest BCUT2D eigenvalue weighted by atomic mass is 32.2. The topological polar surface area (TPSA) is 139 Å². The van der Waals surface area contributed by atoms with E-state index in [1.807, 2.05) is 0 Å². The van der Waals surface area contributed by atoms with E-state index in [-0.39, 0.29) is 35.3 Å². The fourth-order valence-corrected chi connectivity index (χ4v) is 6.01. The first-order valence-electron chi connectivity index (χ1n) is 13.6. The van der Waals surface area contributed by atoms with E-state index >= 15 is 0 Å². The Labute approximate surface area is 246 Å². The molecule has 0 unspecified atom stereocenters. The van der Waals surface area contributed by atoms with Crippen molar-refractivity contribution < 1.29 is 31.2 Å². The molecule has 1 saturated heterocycles. The lowest BCUT2D eigenvalue weighted by atomic mass is 9.88. The Balaban J connectivity index is 1.46. The van der Waals surface area contributed by atoms with Gasteiger partial charge in [-0.3, -0.25) is 13.9 Å². The maximum Gasteiger partial charge on any atom is 0.309 e. The van der Waals surface area contributed by atoms with Crippen molar-refractivity contribution in [3.8, 4) is 11.3 Å². The number of nitrogens with one attached hydrogen (secondary N) is 1. The highest BCUT2D eigenvalue weighted by Gasteiger charge is 2.33. The minimum Gasteiger partial charge on any atom is -0.455 e. The average Bonchev–Trinajstić information content (AvgIpc) is 3.61. The molecule has 1 atom stereocenters. The van der Waals surface area contributed by atoms with Gasteiger partial charge in [-0.15, -0.1) is 0 Å². The van der Waals surface area contributed by atoms with Gasteiger partial charge in [0.2, 0.25) is 10.0 Å². The number of carbonyl (C=O) groups excluding carboxylic acids is 2. The molecule has 13 heteroatoms. The van der Waals surface area contributed by atoms with E-state index < -0.39 is 27.7 Å². The van der Waals surface area contributed by atoms with E-state index in [1.54, 1.807) is 35.4 Å². The summed E-state index contributed by atoms with van der Waals surface area (Å²) in [5.41, 5.74) is 2.74. The summed E-state index contributed by atoms with van der Waals surface area (Å²) in [6.45, 7) is 0.726. The summed E-state index contributed by atoms with van der Waals surface area (Å²) in [6, 6.07) is 12.3. The van der Waals surface area contributed by atoms with Crippen molar-refractivity contribution in [2.45, 2.75) is 18.8 Å². The summed E-state index contributed by atoms with van der Waals surface area (Å²) in [5, 5.41) is 3.10. The minimum atomic E-state index is -3.70. The molecular weight excluding hydrogens is 577 g/mol. The van der Waals surface area contributed by atoms with Crippen LogP contribution in [0.2, 0.25) is 0 Å². The van der Waals surface area contributed by atoms with E-state index in [4.69, 9.17) is 8.83 Å². The first-order chi connectivity index (χ1) is 20.5. The SMILES string of the molecule is CNC(=O)c1c(-c2ccc(F)cc2)oc2cc(N(C)S(C)(=O)=O)c([C@H]3CCCN(C(=O)c4nc5ncccc5o4)C3)cc12. The number of fused-ring (bicyclic) bond motifs is 2. The van der Waals surface area contributed by atoms with Crippen LogP contribution in [0.5, 0.6) is 0 Å². The van der Waals surface area contributed by atoms with Crippen LogP contribution in [0.3, 0.4) is 0 Å². The number of aromatic nitrogens is 2. The third-order valence-electron chi connectivity index (χ3n) is 7.73. The molecule has 1 aliphatic heterocycles. The second kappa shape index (κ2) is 10.8. The Hall–Kier alpha value is -4.78. The molecule has 4 heterocycles. The van der Waals surface area contributed by atoms with E-state index in [0.29, 0.717) is 52.8 Å². The molecule has 0 spiro atoms. The van der Waals surface area contributed by atoms with Crippen LogP contribution in [-0.2, 0) is 10.0 Å². The molecule has 11 nitrogen and oxygen atoms in total. The number of anilines is 1. The minimum absolute atomic E-state index is 0.0704. The Morgan fingerprint density at radius 2 is 1.88 bits per heavy atom. The van der Waals surface area contributed by atoms with Gasteiger partial charge in [-0.25, -0.2) is 17.8 Å². The number of amides is 2. The lowest BCUT2D eigenvalue weighted by Crippen LogP contribution is -2.39. The van der Waals surface area contributed by atoms with Gasteiger partial charge in [-0.05, 0) is 60.9 Å². The van der Waals surface area contributed by atoms with Crippen LogP contribution in [-0.4, -0.2) is 68.5 Å². The number of halogens is 1. The lowest BCUT2D eigenvalue weighted by Gasteiger charge is -2.34. The number of rotatable bonds is 6. The molecule has 43 heavy (non-hydrogen) atoms. The molecule has 1 aliphatic rings. The van der Waals surface area contributed by atoms with Crippen LogP contribution in [0.4, 0.5) is 10.1 Å². The van der Waals surface area contributed by atoms with Gasteiger partial charge in [0, 0.05) is 56.3 Å². The molecule has 0 radical (unpaired) electrons. The molecular formula is C30H28FN5O6S. The number of benzene rings is 2. The highest BCUT2D eigenvalue weighted by Crippen LogP contribution is 2.42. The van der Waals surface area contributed by atoms with Gasteiger partial charge in [0.1, 0.15) is 17.2 Å². The van der Waals surface area contributed by atoms with E-state index in [1.165, 1.54) is 38.4 Å². The van der Waals surface area contributed by atoms with Crippen LogP contribution in [0.1, 0.15) is 45.4 Å². The van der Waals surface area contributed by atoms with Crippen molar-refractivity contribution in [1.82, 2.24) is 20.2 Å². The zero-order chi connectivity index (χ0) is 30.5. The summed E-state index contributed by atoms with van der Waals surface area (Å²) < 4.78 is 52.1. The first-order valence-corrected chi connectivity index (χ1v) is 15.4. The number of piperidine rings is 1. The predicted octanol–water partition coefficient (Wildman–Crippen LogP) is 4.55. The van der Waals surface area contributed by atoms with Crippen molar-refractivity contribution in [3.63, 3.8) is 0 Å². The molecule has 1 fully saturated rings. The van der Waals surface area contributed by atoms with Crippen molar-refractivity contribution >= 4 is 49.7 Å². The van der Waals surface area contributed by atoms with Crippen LogP contribution < -0.4 is 9.62 Å². The Kier molecular flexibility index (Phi) is 7.12. The molecule has 2 aromatic carbocycles. The summed E-state index contributed by atoms with van der Waals surface area (Å²) in [5.74, 6) is -1.38. The number of sulfonamides is 1. The van der Waals surface area contributed by atoms with Crippen molar-refractivity contribution in [2.24, 2.45) is 0 Å². The Morgan fingerprint density at radius 1 is 1.12 bits per heavy atom. The van der Waals surface area contributed by atoms with Crippen LogP contribution in [0.15, 0.2) is 63.6 Å².